The monoisotopic (exact) mass is 332 g/mol. The average molecular weight is 332 g/mol. The minimum Gasteiger partial charge on any atom is -0.317 e. The summed E-state index contributed by atoms with van der Waals surface area (Å²) >= 11 is 1.84. The van der Waals surface area contributed by atoms with Crippen LogP contribution in [0.15, 0.2) is 17.3 Å². The summed E-state index contributed by atoms with van der Waals surface area (Å²) in [6.45, 7) is 5.16. The van der Waals surface area contributed by atoms with Crippen LogP contribution in [0.25, 0.3) is 0 Å². The van der Waals surface area contributed by atoms with Crippen molar-refractivity contribution in [3.63, 3.8) is 0 Å². The van der Waals surface area contributed by atoms with E-state index >= 15 is 0 Å². The Hall–Kier alpha value is -0.570. The first kappa shape index (κ1) is 16.8. The van der Waals surface area contributed by atoms with Crippen LogP contribution < -0.4 is 10.0 Å². The van der Waals surface area contributed by atoms with Crippen molar-refractivity contribution in [3.05, 3.63) is 12.4 Å². The fourth-order valence-corrected chi connectivity index (χ4v) is 4.58. The lowest BCUT2D eigenvalue weighted by Gasteiger charge is -2.09. The first-order chi connectivity index (χ1) is 10.1. The molecule has 6 nitrogen and oxygen atoms in total. The molecule has 8 heteroatoms. The minimum absolute atomic E-state index is 0.258. The minimum atomic E-state index is -3.42. The molecule has 2 heterocycles. The van der Waals surface area contributed by atoms with Crippen molar-refractivity contribution in [1.29, 1.82) is 0 Å². The Morgan fingerprint density at radius 2 is 2.38 bits per heavy atom. The molecule has 0 saturated carbocycles. The van der Waals surface area contributed by atoms with Gasteiger partial charge in [0.25, 0.3) is 0 Å². The predicted octanol–water partition coefficient (Wildman–Crippen LogP) is 1.06. The number of hydrogen-bond donors (Lipinski definition) is 2. The standard InChI is InChI=1S/C13H24N4O2S2/c1-2-14-6-4-7-17-11-13(10-15-17)21(18,19)16-9-12-5-3-8-20-12/h10-12,14,16H,2-9H2,1H3. The molecule has 2 rings (SSSR count). The Morgan fingerprint density at radius 3 is 3.10 bits per heavy atom. The number of hydrogen-bond acceptors (Lipinski definition) is 5. The van der Waals surface area contributed by atoms with E-state index in [9.17, 15) is 8.42 Å². The van der Waals surface area contributed by atoms with Crippen LogP contribution in [0.4, 0.5) is 0 Å². The van der Waals surface area contributed by atoms with Crippen molar-refractivity contribution in [3.8, 4) is 0 Å². The Labute approximate surface area is 131 Å². The summed E-state index contributed by atoms with van der Waals surface area (Å²) in [5, 5.41) is 7.77. The van der Waals surface area contributed by atoms with Gasteiger partial charge in [-0.1, -0.05) is 6.92 Å². The van der Waals surface area contributed by atoms with Crippen LogP contribution in [0, 0.1) is 0 Å². The maximum absolute atomic E-state index is 12.2. The normalized spacial score (nSPS) is 19.2. The molecule has 1 aromatic rings. The van der Waals surface area contributed by atoms with Crippen molar-refractivity contribution < 1.29 is 8.42 Å². The lowest BCUT2D eigenvalue weighted by molar-refractivity contribution is 0.549. The Balaban J connectivity index is 1.83. The molecule has 1 atom stereocenters. The molecule has 1 saturated heterocycles. The summed E-state index contributed by atoms with van der Waals surface area (Å²) in [4.78, 5) is 0.258. The molecule has 2 N–H and O–H groups in total. The third kappa shape index (κ3) is 5.28. The molecular weight excluding hydrogens is 308 g/mol. The molecule has 1 fully saturated rings. The van der Waals surface area contributed by atoms with Gasteiger partial charge in [-0.2, -0.15) is 16.9 Å². The zero-order valence-electron chi connectivity index (χ0n) is 12.4. The SMILES string of the molecule is CCNCCCn1cc(S(=O)(=O)NCC2CCCS2)cn1. The highest BCUT2D eigenvalue weighted by atomic mass is 32.2. The molecule has 0 bridgehead atoms. The van der Waals surface area contributed by atoms with Gasteiger partial charge in [-0.05, 0) is 38.1 Å². The number of rotatable bonds is 9. The molecule has 1 unspecified atom stereocenters. The zero-order chi connectivity index (χ0) is 15.1. The fraction of sp³-hybridized carbons (Fsp3) is 0.769. The van der Waals surface area contributed by atoms with E-state index in [-0.39, 0.29) is 4.90 Å². The molecule has 1 aliphatic rings. The molecule has 0 aromatic carbocycles. The van der Waals surface area contributed by atoms with Crippen LogP contribution in [0.2, 0.25) is 0 Å². The number of aromatic nitrogens is 2. The molecule has 0 spiro atoms. The maximum atomic E-state index is 12.2. The van der Waals surface area contributed by atoms with Gasteiger partial charge in [-0.3, -0.25) is 4.68 Å². The Kier molecular flexibility index (Phi) is 6.53. The largest absolute Gasteiger partial charge is 0.317 e. The van der Waals surface area contributed by atoms with Gasteiger partial charge < -0.3 is 5.32 Å². The smallest absolute Gasteiger partial charge is 0.243 e. The van der Waals surface area contributed by atoms with E-state index in [0.717, 1.165) is 38.2 Å². The number of nitrogens with zero attached hydrogens (tertiary/aromatic N) is 2. The molecule has 120 valence electrons. The van der Waals surface area contributed by atoms with Crippen LogP contribution in [-0.2, 0) is 16.6 Å². The lowest BCUT2D eigenvalue weighted by Crippen LogP contribution is -2.29. The highest BCUT2D eigenvalue weighted by molar-refractivity contribution is 8.00. The Bertz CT molecular complexity index is 524. The van der Waals surface area contributed by atoms with Gasteiger partial charge in [0.15, 0.2) is 0 Å². The van der Waals surface area contributed by atoms with Gasteiger partial charge >= 0.3 is 0 Å². The number of nitrogens with one attached hydrogen (secondary N) is 2. The molecule has 0 amide bonds. The summed E-state index contributed by atoms with van der Waals surface area (Å²) in [7, 11) is -3.42. The van der Waals surface area contributed by atoms with Crippen LogP contribution in [-0.4, -0.2) is 48.8 Å². The predicted molar refractivity (Wildman–Crippen MR) is 86.1 cm³/mol. The first-order valence-corrected chi connectivity index (χ1v) is 9.99. The third-order valence-corrected chi connectivity index (χ3v) is 6.21. The van der Waals surface area contributed by atoms with Gasteiger partial charge in [-0.25, -0.2) is 13.1 Å². The highest BCUT2D eigenvalue weighted by Crippen LogP contribution is 2.25. The average Bonchev–Trinajstić information content (AvgIpc) is 3.13. The number of sulfonamides is 1. The summed E-state index contributed by atoms with van der Waals surface area (Å²) < 4.78 is 28.8. The summed E-state index contributed by atoms with van der Waals surface area (Å²) in [6, 6.07) is 0. The fourth-order valence-electron chi connectivity index (χ4n) is 2.24. The molecule has 1 aromatic heterocycles. The van der Waals surface area contributed by atoms with Gasteiger partial charge in [0.1, 0.15) is 4.90 Å². The van der Waals surface area contributed by atoms with E-state index in [0.29, 0.717) is 11.8 Å². The van der Waals surface area contributed by atoms with E-state index in [4.69, 9.17) is 0 Å². The molecule has 21 heavy (non-hydrogen) atoms. The second-order valence-corrected chi connectivity index (χ2v) is 8.31. The van der Waals surface area contributed by atoms with E-state index in [1.165, 1.54) is 12.6 Å². The first-order valence-electron chi connectivity index (χ1n) is 7.46. The summed E-state index contributed by atoms with van der Waals surface area (Å²) in [5.74, 6) is 1.14. The van der Waals surface area contributed by atoms with Crippen LogP contribution in [0.3, 0.4) is 0 Å². The molecule has 1 aliphatic heterocycles. The third-order valence-electron chi connectivity index (χ3n) is 3.44. The lowest BCUT2D eigenvalue weighted by atomic mass is 10.2. The quantitative estimate of drug-likeness (QED) is 0.661. The zero-order valence-corrected chi connectivity index (χ0v) is 14.0. The van der Waals surface area contributed by atoms with E-state index < -0.39 is 10.0 Å². The van der Waals surface area contributed by atoms with Crippen LogP contribution in [0.1, 0.15) is 26.2 Å². The second kappa shape index (κ2) is 8.17. The van der Waals surface area contributed by atoms with Crippen molar-refractivity contribution in [1.82, 2.24) is 19.8 Å². The van der Waals surface area contributed by atoms with Gasteiger partial charge in [0.2, 0.25) is 10.0 Å². The molecular formula is C13H24N4O2S2. The number of aryl methyl sites for hydroxylation is 1. The molecule has 0 aliphatic carbocycles. The van der Waals surface area contributed by atoms with Crippen molar-refractivity contribution in [2.75, 3.05) is 25.4 Å². The van der Waals surface area contributed by atoms with Gasteiger partial charge in [0.05, 0.1) is 6.20 Å². The van der Waals surface area contributed by atoms with Gasteiger partial charge in [0, 0.05) is 24.5 Å². The van der Waals surface area contributed by atoms with E-state index in [1.54, 1.807) is 10.9 Å². The topological polar surface area (TPSA) is 76.0 Å². The van der Waals surface area contributed by atoms with Crippen molar-refractivity contribution in [2.45, 2.75) is 42.9 Å². The van der Waals surface area contributed by atoms with Gasteiger partial charge in [-0.15, -0.1) is 0 Å². The highest BCUT2D eigenvalue weighted by Gasteiger charge is 2.21. The number of thioether (sulfide) groups is 1. The van der Waals surface area contributed by atoms with Crippen LogP contribution >= 0.6 is 11.8 Å². The van der Waals surface area contributed by atoms with Crippen LogP contribution in [0.5, 0.6) is 0 Å². The molecule has 0 radical (unpaired) electrons. The summed E-state index contributed by atoms with van der Waals surface area (Å²) in [6.07, 6.45) is 6.24. The second-order valence-electron chi connectivity index (χ2n) is 5.13. The van der Waals surface area contributed by atoms with E-state index in [1.807, 2.05) is 11.8 Å². The van der Waals surface area contributed by atoms with Crippen molar-refractivity contribution in [2.24, 2.45) is 0 Å². The Morgan fingerprint density at radius 1 is 1.52 bits per heavy atom. The van der Waals surface area contributed by atoms with Crippen molar-refractivity contribution >= 4 is 21.8 Å². The van der Waals surface area contributed by atoms with E-state index in [2.05, 4.69) is 22.1 Å². The maximum Gasteiger partial charge on any atom is 0.243 e. The summed E-state index contributed by atoms with van der Waals surface area (Å²) in [5.41, 5.74) is 0.